The molecule has 1 aromatic carbocycles. The molecule has 0 N–H and O–H groups in total. The highest BCUT2D eigenvalue weighted by molar-refractivity contribution is 6.00. The Kier molecular flexibility index (Phi) is 3.80. The lowest BCUT2D eigenvalue weighted by Gasteiger charge is -2.20. The molecule has 0 saturated heterocycles. The number of para-hydroxylation sites is 1. The first kappa shape index (κ1) is 13.5. The minimum absolute atomic E-state index is 0.0286. The number of ether oxygens (including phenoxy) is 2. The van der Waals surface area contributed by atoms with E-state index in [0.29, 0.717) is 30.3 Å². The maximum absolute atomic E-state index is 12.2. The summed E-state index contributed by atoms with van der Waals surface area (Å²) in [6, 6.07) is 5.37. The van der Waals surface area contributed by atoms with E-state index in [2.05, 4.69) is 11.8 Å². The zero-order valence-corrected chi connectivity index (χ0v) is 11.6. The van der Waals surface area contributed by atoms with E-state index in [9.17, 15) is 4.79 Å². The van der Waals surface area contributed by atoms with E-state index in [1.807, 2.05) is 26.8 Å². The van der Waals surface area contributed by atoms with Crippen molar-refractivity contribution in [3.05, 3.63) is 23.8 Å². The third kappa shape index (κ3) is 3.51. The molecule has 0 spiro atoms. The summed E-state index contributed by atoms with van der Waals surface area (Å²) in [4.78, 5) is 12.2. The zero-order chi connectivity index (χ0) is 13.9. The highest BCUT2D eigenvalue weighted by Crippen LogP contribution is 2.34. The van der Waals surface area contributed by atoms with Gasteiger partial charge in [0.15, 0.2) is 17.3 Å². The summed E-state index contributed by atoms with van der Waals surface area (Å²) in [7, 11) is 0. The third-order valence-corrected chi connectivity index (χ3v) is 2.58. The number of fused-ring (bicyclic) bond motifs is 1. The molecule has 1 aromatic rings. The average Bonchev–Trinajstić information content (AvgIpc) is 2.36. The number of carbonyl (C=O) groups excluding carboxylic acids is 1. The Hall–Kier alpha value is -1.95. The molecule has 19 heavy (non-hydrogen) atoms. The van der Waals surface area contributed by atoms with Crippen LogP contribution in [0.1, 0.15) is 37.6 Å². The summed E-state index contributed by atoms with van der Waals surface area (Å²) >= 11 is 0. The fourth-order valence-corrected chi connectivity index (χ4v) is 1.78. The first-order valence-corrected chi connectivity index (χ1v) is 6.39. The lowest BCUT2D eigenvalue weighted by molar-refractivity contribution is 0.0987. The van der Waals surface area contributed by atoms with E-state index in [1.54, 1.807) is 12.1 Å². The Bertz CT molecular complexity index is 541. The summed E-state index contributed by atoms with van der Waals surface area (Å²) in [5.74, 6) is 7.16. The van der Waals surface area contributed by atoms with Crippen LogP contribution in [-0.4, -0.2) is 19.0 Å². The van der Waals surface area contributed by atoms with Gasteiger partial charge in [-0.15, -0.1) is 0 Å². The molecule has 0 radical (unpaired) electrons. The predicted octanol–water partition coefficient (Wildman–Crippen LogP) is 3.08. The van der Waals surface area contributed by atoms with E-state index in [-0.39, 0.29) is 17.6 Å². The molecule has 0 aromatic heterocycles. The average molecular weight is 258 g/mol. The number of carbonyl (C=O) groups is 1. The van der Waals surface area contributed by atoms with Gasteiger partial charge in [-0.3, -0.25) is 4.79 Å². The lowest BCUT2D eigenvalue weighted by Crippen LogP contribution is -2.17. The second kappa shape index (κ2) is 5.36. The van der Waals surface area contributed by atoms with Crippen molar-refractivity contribution in [3.63, 3.8) is 0 Å². The van der Waals surface area contributed by atoms with Crippen LogP contribution in [0.4, 0.5) is 0 Å². The molecule has 1 aliphatic rings. The second-order valence-corrected chi connectivity index (χ2v) is 5.48. The van der Waals surface area contributed by atoms with Crippen LogP contribution >= 0.6 is 0 Å². The van der Waals surface area contributed by atoms with Crippen molar-refractivity contribution in [1.29, 1.82) is 0 Å². The maximum atomic E-state index is 12.2. The molecule has 1 aliphatic heterocycles. The van der Waals surface area contributed by atoms with E-state index < -0.39 is 0 Å². The van der Waals surface area contributed by atoms with Gasteiger partial charge in [0.25, 0.3) is 0 Å². The Morgan fingerprint density at radius 1 is 1.26 bits per heavy atom. The predicted molar refractivity (Wildman–Crippen MR) is 73.6 cm³/mol. The summed E-state index contributed by atoms with van der Waals surface area (Å²) in [6.45, 7) is 7.06. The van der Waals surface area contributed by atoms with Crippen molar-refractivity contribution >= 4 is 5.78 Å². The molecule has 0 aliphatic carbocycles. The fourth-order valence-electron chi connectivity index (χ4n) is 1.78. The molecule has 0 fully saturated rings. The Morgan fingerprint density at radius 3 is 2.74 bits per heavy atom. The molecule has 0 bridgehead atoms. The first-order chi connectivity index (χ1) is 8.97. The number of rotatable bonds is 2. The van der Waals surface area contributed by atoms with Gasteiger partial charge in [-0.1, -0.05) is 17.9 Å². The SMILES string of the molecule is CC(C)(C)C#CCC(=O)c1cccc2c1OCCO2. The van der Waals surface area contributed by atoms with Crippen LogP contribution in [0.5, 0.6) is 11.5 Å². The van der Waals surface area contributed by atoms with Crippen molar-refractivity contribution in [2.24, 2.45) is 5.41 Å². The standard InChI is InChI=1S/C16H18O3/c1-16(2,3)9-5-7-13(17)12-6-4-8-14-15(12)19-11-10-18-14/h4,6,8H,7,10-11H2,1-3H3. The van der Waals surface area contributed by atoms with Gasteiger partial charge in [-0.25, -0.2) is 0 Å². The van der Waals surface area contributed by atoms with Gasteiger partial charge < -0.3 is 9.47 Å². The summed E-state index contributed by atoms with van der Waals surface area (Å²) in [5, 5.41) is 0. The molecule has 0 saturated carbocycles. The molecular formula is C16H18O3. The van der Waals surface area contributed by atoms with Crippen molar-refractivity contribution in [1.82, 2.24) is 0 Å². The number of hydrogen-bond donors (Lipinski definition) is 0. The number of benzene rings is 1. The Balaban J connectivity index is 2.17. The Labute approximate surface area is 113 Å². The quantitative estimate of drug-likeness (QED) is 0.604. The smallest absolute Gasteiger partial charge is 0.178 e. The van der Waals surface area contributed by atoms with E-state index >= 15 is 0 Å². The topological polar surface area (TPSA) is 35.5 Å². The minimum Gasteiger partial charge on any atom is -0.486 e. The van der Waals surface area contributed by atoms with Gasteiger partial charge in [0.2, 0.25) is 0 Å². The van der Waals surface area contributed by atoms with Crippen molar-refractivity contribution < 1.29 is 14.3 Å². The molecule has 0 amide bonds. The minimum atomic E-state index is -0.0873. The largest absolute Gasteiger partial charge is 0.486 e. The Morgan fingerprint density at radius 2 is 2.00 bits per heavy atom. The monoisotopic (exact) mass is 258 g/mol. The van der Waals surface area contributed by atoms with Crippen LogP contribution in [0.2, 0.25) is 0 Å². The molecule has 3 nitrogen and oxygen atoms in total. The van der Waals surface area contributed by atoms with Crippen molar-refractivity contribution in [2.45, 2.75) is 27.2 Å². The van der Waals surface area contributed by atoms with Crippen LogP contribution < -0.4 is 9.47 Å². The lowest BCUT2D eigenvalue weighted by atomic mass is 9.97. The third-order valence-electron chi connectivity index (χ3n) is 2.58. The molecule has 3 heteroatoms. The summed E-state index contributed by atoms with van der Waals surface area (Å²) in [5.41, 5.74) is 0.469. The van der Waals surface area contributed by atoms with Crippen molar-refractivity contribution in [3.8, 4) is 23.3 Å². The van der Waals surface area contributed by atoms with Gasteiger partial charge in [-0.2, -0.15) is 0 Å². The highest BCUT2D eigenvalue weighted by atomic mass is 16.6. The molecule has 0 atom stereocenters. The fraction of sp³-hybridized carbons (Fsp3) is 0.438. The molecule has 1 heterocycles. The van der Waals surface area contributed by atoms with Gasteiger partial charge in [0.1, 0.15) is 13.2 Å². The summed E-state index contributed by atoms with van der Waals surface area (Å²) in [6.07, 6.45) is 0.205. The number of Topliss-reactive ketones (excluding diaryl/α,β-unsaturated/α-hetero) is 1. The van der Waals surface area contributed by atoms with E-state index in [4.69, 9.17) is 9.47 Å². The van der Waals surface area contributed by atoms with Gasteiger partial charge in [0.05, 0.1) is 12.0 Å². The maximum Gasteiger partial charge on any atom is 0.178 e. The van der Waals surface area contributed by atoms with E-state index in [1.165, 1.54) is 0 Å². The zero-order valence-electron chi connectivity index (χ0n) is 11.6. The van der Waals surface area contributed by atoms with Crippen LogP contribution in [0.15, 0.2) is 18.2 Å². The van der Waals surface area contributed by atoms with Crippen LogP contribution in [0.25, 0.3) is 0 Å². The molecular weight excluding hydrogens is 240 g/mol. The van der Waals surface area contributed by atoms with Gasteiger partial charge in [0, 0.05) is 5.41 Å². The number of hydrogen-bond acceptors (Lipinski definition) is 3. The van der Waals surface area contributed by atoms with Gasteiger partial charge >= 0.3 is 0 Å². The van der Waals surface area contributed by atoms with Crippen LogP contribution in [0.3, 0.4) is 0 Å². The number of ketones is 1. The summed E-state index contributed by atoms with van der Waals surface area (Å²) < 4.78 is 11.0. The normalized spacial score (nSPS) is 13.4. The second-order valence-electron chi connectivity index (χ2n) is 5.48. The first-order valence-electron chi connectivity index (χ1n) is 6.39. The van der Waals surface area contributed by atoms with Crippen LogP contribution in [0, 0.1) is 17.3 Å². The molecule has 0 unspecified atom stereocenters. The molecule has 2 rings (SSSR count). The highest BCUT2D eigenvalue weighted by Gasteiger charge is 2.19. The van der Waals surface area contributed by atoms with Gasteiger partial charge in [-0.05, 0) is 32.9 Å². The van der Waals surface area contributed by atoms with E-state index in [0.717, 1.165) is 0 Å². The van der Waals surface area contributed by atoms with Crippen molar-refractivity contribution in [2.75, 3.05) is 13.2 Å². The molecule has 100 valence electrons. The van der Waals surface area contributed by atoms with Crippen LogP contribution in [-0.2, 0) is 0 Å².